The molecule has 0 saturated heterocycles. The average Bonchev–Trinajstić information content (AvgIpc) is 3.43. The second-order valence-corrected chi connectivity index (χ2v) is 7.58. The van der Waals surface area contributed by atoms with Crippen LogP contribution in [0.1, 0.15) is 26.5 Å². The van der Waals surface area contributed by atoms with Crippen LogP contribution in [-0.4, -0.2) is 69.5 Å². The number of nitrogens with zero attached hydrogens (tertiary/aromatic N) is 4. The largest absolute Gasteiger partial charge is 0.501 e. The summed E-state index contributed by atoms with van der Waals surface area (Å²) in [5.41, 5.74) is 1.46. The Bertz CT molecular complexity index is 1140. The van der Waals surface area contributed by atoms with Crippen LogP contribution in [0.4, 0.5) is 10.5 Å². The number of fused-ring (bicyclic) bond motifs is 1. The minimum absolute atomic E-state index is 0.0314. The minimum atomic E-state index is -0.772. The van der Waals surface area contributed by atoms with E-state index in [1.807, 2.05) is 19.9 Å². The monoisotopic (exact) mass is 452 g/mol. The molecule has 1 unspecified atom stereocenters. The van der Waals surface area contributed by atoms with Crippen molar-refractivity contribution in [1.29, 1.82) is 0 Å². The van der Waals surface area contributed by atoms with Gasteiger partial charge in [0.1, 0.15) is 17.2 Å². The number of carbonyl (C=O) groups is 3. The molecule has 10 nitrogen and oxygen atoms in total. The third kappa shape index (κ3) is 4.23. The van der Waals surface area contributed by atoms with Crippen LogP contribution in [0.3, 0.4) is 0 Å². The molecular weight excluding hydrogens is 426 g/mol. The number of hydrogen-bond acceptors (Lipinski definition) is 7. The van der Waals surface area contributed by atoms with E-state index < -0.39 is 23.9 Å². The number of carbonyl (C=O) groups excluding carboxylic acids is 3. The van der Waals surface area contributed by atoms with Crippen molar-refractivity contribution in [1.82, 2.24) is 9.91 Å². The molecule has 1 aromatic carbocycles. The lowest BCUT2D eigenvalue weighted by molar-refractivity contribution is -0.427. The highest BCUT2D eigenvalue weighted by Gasteiger charge is 2.54. The molecule has 2 aliphatic heterocycles. The SMILES string of the molecule is CCOc1ccccc1NC(=O)C[N+]1=C2C(C)=NN(CC)C2C(=O)N(Cc2ccco2)C1=O. The number of benzene rings is 1. The number of anilines is 1. The summed E-state index contributed by atoms with van der Waals surface area (Å²) in [6, 6.07) is 9.09. The van der Waals surface area contributed by atoms with E-state index in [1.54, 1.807) is 42.3 Å². The third-order valence-corrected chi connectivity index (χ3v) is 5.44. The molecule has 1 N–H and O–H groups in total. The van der Waals surface area contributed by atoms with E-state index in [1.165, 1.54) is 10.8 Å². The van der Waals surface area contributed by atoms with E-state index in [0.717, 1.165) is 4.90 Å². The lowest BCUT2D eigenvalue weighted by Crippen LogP contribution is -2.61. The number of para-hydroxylation sites is 2. The predicted octanol–water partition coefficient (Wildman–Crippen LogP) is 2.31. The lowest BCUT2D eigenvalue weighted by atomic mass is 10.0. The molecule has 0 spiro atoms. The second-order valence-electron chi connectivity index (χ2n) is 7.58. The van der Waals surface area contributed by atoms with Crippen molar-refractivity contribution in [2.45, 2.75) is 33.4 Å². The molecule has 0 aliphatic carbocycles. The van der Waals surface area contributed by atoms with Gasteiger partial charge in [0, 0.05) is 6.54 Å². The molecule has 0 radical (unpaired) electrons. The van der Waals surface area contributed by atoms with Crippen LogP contribution in [0.25, 0.3) is 0 Å². The molecule has 0 saturated carbocycles. The first-order valence-electron chi connectivity index (χ1n) is 10.8. The van der Waals surface area contributed by atoms with Gasteiger partial charge < -0.3 is 14.5 Å². The van der Waals surface area contributed by atoms with E-state index >= 15 is 0 Å². The quantitative estimate of drug-likeness (QED) is 0.616. The van der Waals surface area contributed by atoms with Crippen molar-refractivity contribution in [3.8, 4) is 5.75 Å². The fourth-order valence-corrected chi connectivity index (χ4v) is 4.01. The first-order valence-corrected chi connectivity index (χ1v) is 10.8. The second kappa shape index (κ2) is 9.27. The van der Waals surface area contributed by atoms with Crippen LogP contribution < -0.4 is 10.1 Å². The number of imide groups is 1. The van der Waals surface area contributed by atoms with Gasteiger partial charge in [0.15, 0.2) is 18.8 Å². The Kier molecular flexibility index (Phi) is 6.25. The molecule has 4 amide bonds. The van der Waals surface area contributed by atoms with Gasteiger partial charge in [-0.2, -0.15) is 19.4 Å². The Morgan fingerprint density at radius 2 is 2.00 bits per heavy atom. The van der Waals surface area contributed by atoms with E-state index in [4.69, 9.17) is 9.15 Å². The lowest BCUT2D eigenvalue weighted by Gasteiger charge is -2.28. The molecule has 4 rings (SSSR count). The van der Waals surface area contributed by atoms with Crippen molar-refractivity contribution >= 4 is 35.0 Å². The summed E-state index contributed by atoms with van der Waals surface area (Å²) in [6.45, 7) is 6.07. The molecule has 0 fully saturated rings. The van der Waals surface area contributed by atoms with Gasteiger partial charge >= 0.3 is 11.9 Å². The number of urea groups is 1. The van der Waals surface area contributed by atoms with Gasteiger partial charge in [-0.05, 0) is 45.0 Å². The van der Waals surface area contributed by atoms with Gasteiger partial charge in [0.2, 0.25) is 6.04 Å². The third-order valence-electron chi connectivity index (χ3n) is 5.44. The summed E-state index contributed by atoms with van der Waals surface area (Å²) in [6.07, 6.45) is 1.48. The molecule has 2 aliphatic rings. The highest BCUT2D eigenvalue weighted by molar-refractivity contribution is 6.48. The van der Waals surface area contributed by atoms with Gasteiger partial charge in [-0.15, -0.1) is 0 Å². The summed E-state index contributed by atoms with van der Waals surface area (Å²) in [5, 5.41) is 8.88. The normalized spacial score (nSPS) is 17.9. The van der Waals surface area contributed by atoms with Crippen molar-refractivity contribution in [2.24, 2.45) is 5.10 Å². The number of amides is 4. The molecule has 33 heavy (non-hydrogen) atoms. The zero-order chi connectivity index (χ0) is 23.5. The zero-order valence-corrected chi connectivity index (χ0v) is 18.8. The topological polar surface area (TPSA) is 107 Å². The summed E-state index contributed by atoms with van der Waals surface area (Å²) in [5.74, 6) is 0.187. The van der Waals surface area contributed by atoms with Crippen LogP contribution in [-0.2, 0) is 16.1 Å². The summed E-state index contributed by atoms with van der Waals surface area (Å²) >= 11 is 0. The summed E-state index contributed by atoms with van der Waals surface area (Å²) in [4.78, 5) is 40.8. The Labute approximate surface area is 191 Å². The molecule has 3 heterocycles. The van der Waals surface area contributed by atoms with Crippen LogP contribution in [0.2, 0.25) is 0 Å². The Hall–Kier alpha value is -3.95. The van der Waals surface area contributed by atoms with Crippen LogP contribution in [0.5, 0.6) is 5.75 Å². The zero-order valence-electron chi connectivity index (χ0n) is 18.8. The number of ether oxygens (including phenoxy) is 1. The Morgan fingerprint density at radius 3 is 2.70 bits per heavy atom. The number of rotatable bonds is 8. The van der Waals surface area contributed by atoms with Gasteiger partial charge in [-0.1, -0.05) is 12.1 Å². The number of furan rings is 1. The Morgan fingerprint density at radius 1 is 1.21 bits per heavy atom. The fourth-order valence-electron chi connectivity index (χ4n) is 4.01. The minimum Gasteiger partial charge on any atom is -0.492 e. The predicted molar refractivity (Wildman–Crippen MR) is 120 cm³/mol. The van der Waals surface area contributed by atoms with Crippen molar-refractivity contribution in [2.75, 3.05) is 25.0 Å². The standard InChI is InChI=1S/C23H25N5O5/c1-4-28-21-20(15(3)25-28)26(23(31)27(22(21)30)13-16-9-8-12-33-16)14-19(29)24-17-10-6-7-11-18(17)32-5-2/h6-12,21H,4-5,13-14H2,1-3H3/p+1. The summed E-state index contributed by atoms with van der Waals surface area (Å²) in [7, 11) is 0. The summed E-state index contributed by atoms with van der Waals surface area (Å²) < 4.78 is 12.2. The van der Waals surface area contributed by atoms with Gasteiger partial charge in [-0.25, -0.2) is 4.79 Å². The highest BCUT2D eigenvalue weighted by atomic mass is 16.5. The molecule has 1 atom stereocenters. The van der Waals surface area contributed by atoms with Gasteiger partial charge in [0.05, 0.1) is 18.6 Å². The molecule has 2 aromatic rings. The maximum Gasteiger partial charge on any atom is 0.501 e. The van der Waals surface area contributed by atoms with Gasteiger partial charge in [0.25, 0.3) is 5.91 Å². The number of nitrogens with one attached hydrogen (secondary N) is 1. The van der Waals surface area contributed by atoms with Crippen molar-refractivity contribution in [3.63, 3.8) is 0 Å². The van der Waals surface area contributed by atoms with Crippen molar-refractivity contribution < 1.29 is 28.1 Å². The first kappa shape index (κ1) is 22.3. The average molecular weight is 452 g/mol. The molecular formula is C23H26N5O5+. The molecule has 0 bridgehead atoms. The smallest absolute Gasteiger partial charge is 0.492 e. The van der Waals surface area contributed by atoms with Crippen LogP contribution >= 0.6 is 0 Å². The van der Waals surface area contributed by atoms with E-state index in [-0.39, 0.29) is 13.1 Å². The number of hydrogen-bond donors (Lipinski definition) is 1. The van der Waals surface area contributed by atoms with Crippen LogP contribution in [0.15, 0.2) is 52.2 Å². The highest BCUT2D eigenvalue weighted by Crippen LogP contribution is 2.25. The fraction of sp³-hybridized carbons (Fsp3) is 0.348. The van der Waals surface area contributed by atoms with E-state index in [2.05, 4.69) is 10.4 Å². The van der Waals surface area contributed by atoms with Gasteiger partial charge in [-0.3, -0.25) is 9.80 Å². The first-order chi connectivity index (χ1) is 15.9. The molecule has 172 valence electrons. The van der Waals surface area contributed by atoms with Crippen LogP contribution in [0, 0.1) is 0 Å². The molecule has 1 aromatic heterocycles. The maximum atomic E-state index is 13.4. The maximum absolute atomic E-state index is 13.4. The molecule has 10 heteroatoms. The van der Waals surface area contributed by atoms with E-state index in [9.17, 15) is 14.4 Å². The van der Waals surface area contributed by atoms with Crippen molar-refractivity contribution in [3.05, 3.63) is 48.4 Å². The number of hydrazone groups is 1. The van der Waals surface area contributed by atoms with E-state index in [0.29, 0.717) is 41.8 Å². The Balaban J connectivity index is 1.65. The number of likely N-dealkylation sites (N-methyl/N-ethyl adjacent to an activating group) is 1.